The summed E-state index contributed by atoms with van der Waals surface area (Å²) in [6.45, 7) is 6.01. The predicted molar refractivity (Wildman–Crippen MR) is 110 cm³/mol. The molecule has 0 spiro atoms. The van der Waals surface area contributed by atoms with E-state index in [0.717, 1.165) is 26.8 Å². The molecule has 146 valence electrons. The van der Waals surface area contributed by atoms with Crippen LogP contribution in [0.4, 0.5) is 14.6 Å². The first-order valence-corrected chi connectivity index (χ1v) is 10.1. The molecule has 0 aromatic carbocycles. The van der Waals surface area contributed by atoms with Crippen molar-refractivity contribution in [3.63, 3.8) is 0 Å². The maximum Gasteiger partial charge on any atom is 0.126 e. The lowest BCUT2D eigenvalue weighted by Gasteiger charge is -2.10. The van der Waals surface area contributed by atoms with E-state index in [9.17, 15) is 8.78 Å². The summed E-state index contributed by atoms with van der Waals surface area (Å²) >= 11 is 3.14. The molecule has 0 saturated heterocycles. The van der Waals surface area contributed by atoms with Crippen molar-refractivity contribution in [1.29, 1.82) is 0 Å². The number of thiazole rings is 1. The van der Waals surface area contributed by atoms with Gasteiger partial charge in [-0.2, -0.15) is 0 Å². The number of anilines is 1. The SMILES string of the molecule is C=N/C(=C\SCNc1ccc(COC(CF)CF)cn1)c1sc(C)nc1C. The van der Waals surface area contributed by atoms with Gasteiger partial charge >= 0.3 is 0 Å². The third-order valence-electron chi connectivity index (χ3n) is 3.49. The van der Waals surface area contributed by atoms with Gasteiger partial charge in [0.15, 0.2) is 0 Å². The Kier molecular flexibility index (Phi) is 8.83. The molecule has 2 aromatic rings. The second-order valence-corrected chi connectivity index (χ2v) is 7.65. The van der Waals surface area contributed by atoms with Crippen molar-refractivity contribution in [2.24, 2.45) is 4.99 Å². The number of aliphatic imine (C=N–C) groups is 1. The number of hydrogen-bond donors (Lipinski definition) is 1. The fraction of sp³-hybridized carbons (Fsp3) is 0.389. The molecule has 0 radical (unpaired) electrons. The molecule has 5 nitrogen and oxygen atoms in total. The molecule has 2 aromatic heterocycles. The van der Waals surface area contributed by atoms with E-state index in [1.54, 1.807) is 35.4 Å². The van der Waals surface area contributed by atoms with Gasteiger partial charge in [-0.1, -0.05) is 6.07 Å². The third kappa shape index (κ3) is 6.67. The van der Waals surface area contributed by atoms with Crippen LogP contribution in [-0.4, -0.2) is 42.0 Å². The van der Waals surface area contributed by atoms with E-state index in [4.69, 9.17) is 4.74 Å². The first kappa shape index (κ1) is 21.5. The van der Waals surface area contributed by atoms with Crippen LogP contribution in [0.1, 0.15) is 21.1 Å². The summed E-state index contributed by atoms with van der Waals surface area (Å²) in [6, 6.07) is 3.61. The number of nitrogens with one attached hydrogen (secondary N) is 1. The van der Waals surface area contributed by atoms with Gasteiger partial charge in [-0.05, 0) is 37.6 Å². The summed E-state index contributed by atoms with van der Waals surface area (Å²) in [5.41, 5.74) is 2.52. The number of nitrogens with zero attached hydrogens (tertiary/aromatic N) is 3. The van der Waals surface area contributed by atoms with Gasteiger partial charge in [0.25, 0.3) is 0 Å². The maximum absolute atomic E-state index is 12.4. The molecule has 9 heteroatoms. The van der Waals surface area contributed by atoms with Crippen molar-refractivity contribution in [3.8, 4) is 0 Å². The number of aromatic nitrogens is 2. The predicted octanol–water partition coefficient (Wildman–Crippen LogP) is 4.78. The summed E-state index contributed by atoms with van der Waals surface area (Å²) < 4.78 is 29.9. The number of thioether (sulfide) groups is 1. The fourth-order valence-electron chi connectivity index (χ4n) is 2.13. The van der Waals surface area contributed by atoms with Gasteiger partial charge in [-0.3, -0.25) is 4.99 Å². The van der Waals surface area contributed by atoms with E-state index in [0.29, 0.717) is 11.7 Å². The Morgan fingerprint density at radius 1 is 1.41 bits per heavy atom. The van der Waals surface area contributed by atoms with Crippen molar-refractivity contribution in [1.82, 2.24) is 9.97 Å². The van der Waals surface area contributed by atoms with Crippen molar-refractivity contribution < 1.29 is 13.5 Å². The summed E-state index contributed by atoms with van der Waals surface area (Å²) in [6.07, 6.45) is 0.612. The molecule has 0 aliphatic carbocycles. The van der Waals surface area contributed by atoms with Crippen LogP contribution in [0.2, 0.25) is 0 Å². The number of rotatable bonds is 11. The van der Waals surface area contributed by atoms with Crippen molar-refractivity contribution in [3.05, 3.63) is 44.9 Å². The summed E-state index contributed by atoms with van der Waals surface area (Å²) in [4.78, 5) is 13.8. The lowest BCUT2D eigenvalue weighted by Crippen LogP contribution is -2.17. The van der Waals surface area contributed by atoms with Gasteiger partial charge in [0.1, 0.15) is 25.3 Å². The number of alkyl halides is 2. The molecule has 0 amide bonds. The minimum Gasteiger partial charge on any atom is -0.368 e. The Morgan fingerprint density at radius 2 is 2.19 bits per heavy atom. The van der Waals surface area contributed by atoms with Gasteiger partial charge in [-0.25, -0.2) is 18.7 Å². The zero-order valence-electron chi connectivity index (χ0n) is 15.2. The minimum absolute atomic E-state index is 0.130. The highest BCUT2D eigenvalue weighted by Crippen LogP contribution is 2.28. The van der Waals surface area contributed by atoms with E-state index in [1.807, 2.05) is 25.3 Å². The maximum atomic E-state index is 12.4. The Hall–Kier alpha value is -1.84. The van der Waals surface area contributed by atoms with Crippen LogP contribution >= 0.6 is 23.1 Å². The number of pyridine rings is 1. The summed E-state index contributed by atoms with van der Waals surface area (Å²) in [5.74, 6) is 1.30. The average Bonchev–Trinajstić information content (AvgIpc) is 3.01. The molecule has 0 aliphatic rings. The first-order chi connectivity index (χ1) is 13.1. The Labute approximate surface area is 166 Å². The molecule has 2 rings (SSSR count). The fourth-order valence-corrected chi connectivity index (χ4v) is 3.77. The average molecular weight is 413 g/mol. The van der Waals surface area contributed by atoms with Gasteiger partial charge in [0, 0.05) is 6.20 Å². The number of halogens is 2. The molecule has 1 N–H and O–H groups in total. The van der Waals surface area contributed by atoms with E-state index in [1.165, 1.54) is 0 Å². The monoisotopic (exact) mass is 412 g/mol. The molecule has 0 atom stereocenters. The zero-order valence-corrected chi connectivity index (χ0v) is 16.9. The first-order valence-electron chi connectivity index (χ1n) is 8.22. The van der Waals surface area contributed by atoms with Crippen LogP contribution in [-0.2, 0) is 11.3 Å². The van der Waals surface area contributed by atoms with Gasteiger partial charge < -0.3 is 10.1 Å². The van der Waals surface area contributed by atoms with Gasteiger partial charge in [-0.15, -0.1) is 23.1 Å². The van der Waals surface area contributed by atoms with Gasteiger partial charge in [0.2, 0.25) is 0 Å². The van der Waals surface area contributed by atoms with Crippen molar-refractivity contribution in [2.75, 3.05) is 24.5 Å². The van der Waals surface area contributed by atoms with Crippen LogP contribution in [0.15, 0.2) is 28.7 Å². The molecule has 2 heterocycles. The highest BCUT2D eigenvalue weighted by atomic mass is 32.2. The quantitative estimate of drug-likeness (QED) is 0.327. The highest BCUT2D eigenvalue weighted by molar-refractivity contribution is 8.02. The zero-order chi connectivity index (χ0) is 19.6. The molecule has 0 unspecified atom stereocenters. The van der Waals surface area contributed by atoms with Crippen LogP contribution in [0.5, 0.6) is 0 Å². The third-order valence-corrected chi connectivity index (χ3v) is 5.29. The Morgan fingerprint density at radius 3 is 2.74 bits per heavy atom. The number of aryl methyl sites for hydroxylation is 2. The smallest absolute Gasteiger partial charge is 0.126 e. The van der Waals surface area contributed by atoms with Crippen LogP contribution < -0.4 is 5.32 Å². The van der Waals surface area contributed by atoms with Crippen LogP contribution in [0.25, 0.3) is 5.70 Å². The topological polar surface area (TPSA) is 59.4 Å². The molecule has 0 saturated carbocycles. The van der Waals surface area contributed by atoms with E-state index < -0.39 is 19.5 Å². The van der Waals surface area contributed by atoms with Crippen LogP contribution in [0.3, 0.4) is 0 Å². The van der Waals surface area contributed by atoms with Gasteiger partial charge in [0.05, 0.1) is 33.8 Å². The summed E-state index contributed by atoms with van der Waals surface area (Å²) in [5, 5.41) is 6.12. The minimum atomic E-state index is -1.01. The van der Waals surface area contributed by atoms with Crippen molar-refractivity contribution in [2.45, 2.75) is 26.6 Å². The van der Waals surface area contributed by atoms with E-state index >= 15 is 0 Å². The normalized spacial score (nSPS) is 11.8. The van der Waals surface area contributed by atoms with E-state index in [-0.39, 0.29) is 6.61 Å². The van der Waals surface area contributed by atoms with Crippen molar-refractivity contribution >= 4 is 41.3 Å². The standard InChI is InChI=1S/C18H22F2N4OS2/c1-12-18(27-13(2)24-12)16(21-3)10-26-11-23-17-5-4-14(8-22-17)9-25-15(6-19)7-20/h4-5,8,10,15H,3,6-7,9,11H2,1-2H3,(H,22,23)/b16-10-. The number of hydrogen-bond acceptors (Lipinski definition) is 7. The molecular weight excluding hydrogens is 390 g/mol. The molecule has 0 bridgehead atoms. The second kappa shape index (κ2) is 11.1. The Balaban J connectivity index is 1.82. The summed E-state index contributed by atoms with van der Waals surface area (Å²) in [7, 11) is 0. The second-order valence-electron chi connectivity index (χ2n) is 5.59. The molecule has 0 aliphatic heterocycles. The Bertz CT molecular complexity index is 761. The number of ether oxygens (including phenoxy) is 1. The molecule has 0 fully saturated rings. The lowest BCUT2D eigenvalue weighted by atomic mass is 10.3. The van der Waals surface area contributed by atoms with E-state index in [2.05, 4.69) is 27.0 Å². The highest BCUT2D eigenvalue weighted by Gasteiger charge is 2.09. The largest absolute Gasteiger partial charge is 0.368 e. The molecular formula is C18H22F2N4OS2. The molecule has 27 heavy (non-hydrogen) atoms. The van der Waals surface area contributed by atoms with Crippen LogP contribution in [0, 0.1) is 13.8 Å². The lowest BCUT2D eigenvalue weighted by molar-refractivity contribution is 0.00901.